The molecule has 0 amide bonds. The van der Waals surface area contributed by atoms with E-state index in [9.17, 15) is 0 Å². The maximum absolute atomic E-state index is 6.20. The molecule has 1 atom stereocenters. The van der Waals surface area contributed by atoms with Gasteiger partial charge in [-0.15, -0.1) is 0 Å². The summed E-state index contributed by atoms with van der Waals surface area (Å²) in [5.41, 5.74) is 2.56. The van der Waals surface area contributed by atoms with Gasteiger partial charge in [-0.2, -0.15) is 5.10 Å². The molecular formula is C16H28N4O. The molecule has 2 saturated heterocycles. The van der Waals surface area contributed by atoms with Gasteiger partial charge in [0.2, 0.25) is 0 Å². The largest absolute Gasteiger partial charge is 0.373 e. The van der Waals surface area contributed by atoms with Crippen LogP contribution in [-0.2, 0) is 18.3 Å². The lowest BCUT2D eigenvalue weighted by Gasteiger charge is -2.38. The Morgan fingerprint density at radius 1 is 1.38 bits per heavy atom. The van der Waals surface area contributed by atoms with Crippen LogP contribution in [0.4, 0.5) is 0 Å². The van der Waals surface area contributed by atoms with Gasteiger partial charge in [0.05, 0.1) is 23.6 Å². The normalized spacial score (nSPS) is 26.0. The Bertz CT molecular complexity index is 488. The Morgan fingerprint density at radius 3 is 2.62 bits per heavy atom. The van der Waals surface area contributed by atoms with Crippen LogP contribution in [0.1, 0.15) is 30.7 Å². The van der Waals surface area contributed by atoms with Crippen molar-refractivity contribution in [3.05, 3.63) is 17.5 Å². The highest BCUT2D eigenvalue weighted by atomic mass is 16.5. The van der Waals surface area contributed by atoms with E-state index in [0.29, 0.717) is 6.04 Å². The molecule has 1 spiro atoms. The Morgan fingerprint density at radius 2 is 2.10 bits per heavy atom. The van der Waals surface area contributed by atoms with Crippen LogP contribution in [0.5, 0.6) is 0 Å². The molecule has 0 radical (unpaired) electrons. The number of hydrogen-bond donors (Lipinski definition) is 0. The van der Waals surface area contributed by atoms with Gasteiger partial charge in [0, 0.05) is 32.7 Å². The maximum atomic E-state index is 6.20. The molecule has 0 aromatic carbocycles. The van der Waals surface area contributed by atoms with Crippen molar-refractivity contribution in [2.45, 2.75) is 44.4 Å². The SMILES string of the molecule is Cc1cc(CN2CCC3(CC2)CC(N(C)C)CO3)n(C)n1. The number of likely N-dealkylation sites (tertiary alicyclic amines) is 1. The van der Waals surface area contributed by atoms with E-state index in [1.165, 1.54) is 12.1 Å². The quantitative estimate of drug-likeness (QED) is 0.843. The molecule has 3 heterocycles. The van der Waals surface area contributed by atoms with Gasteiger partial charge >= 0.3 is 0 Å². The number of likely N-dealkylation sites (N-methyl/N-ethyl adjacent to an activating group) is 1. The van der Waals surface area contributed by atoms with Crippen LogP contribution in [0.3, 0.4) is 0 Å². The van der Waals surface area contributed by atoms with Gasteiger partial charge in [0.1, 0.15) is 0 Å². The molecule has 0 bridgehead atoms. The lowest BCUT2D eigenvalue weighted by Crippen LogP contribution is -2.44. The van der Waals surface area contributed by atoms with Crippen LogP contribution in [0, 0.1) is 6.92 Å². The summed E-state index contributed by atoms with van der Waals surface area (Å²) in [7, 11) is 6.36. The highest BCUT2D eigenvalue weighted by Gasteiger charge is 2.43. The topological polar surface area (TPSA) is 33.5 Å². The van der Waals surface area contributed by atoms with Gasteiger partial charge in [0.15, 0.2) is 0 Å². The highest BCUT2D eigenvalue weighted by Crippen LogP contribution is 2.37. The molecule has 2 aliphatic rings. The zero-order chi connectivity index (χ0) is 15.0. The van der Waals surface area contributed by atoms with E-state index < -0.39 is 0 Å². The third kappa shape index (κ3) is 3.15. The lowest BCUT2D eigenvalue weighted by molar-refractivity contribution is -0.0454. The van der Waals surface area contributed by atoms with Crippen LogP contribution in [0.25, 0.3) is 0 Å². The summed E-state index contributed by atoms with van der Waals surface area (Å²) >= 11 is 0. The molecule has 1 aromatic heterocycles. The zero-order valence-electron chi connectivity index (χ0n) is 13.8. The fraction of sp³-hybridized carbons (Fsp3) is 0.812. The van der Waals surface area contributed by atoms with Crippen LogP contribution >= 0.6 is 0 Å². The number of hydrogen-bond acceptors (Lipinski definition) is 4. The minimum absolute atomic E-state index is 0.147. The average molecular weight is 292 g/mol. The van der Waals surface area contributed by atoms with Crippen LogP contribution in [0.2, 0.25) is 0 Å². The lowest BCUT2D eigenvalue weighted by atomic mass is 9.87. The van der Waals surface area contributed by atoms with Crippen molar-refractivity contribution in [1.29, 1.82) is 0 Å². The second-order valence-electron chi connectivity index (χ2n) is 6.99. The van der Waals surface area contributed by atoms with Crippen molar-refractivity contribution in [2.75, 3.05) is 33.8 Å². The molecule has 1 aromatic rings. The highest BCUT2D eigenvalue weighted by molar-refractivity contribution is 5.09. The monoisotopic (exact) mass is 292 g/mol. The van der Waals surface area contributed by atoms with E-state index in [1.807, 2.05) is 11.7 Å². The van der Waals surface area contributed by atoms with E-state index in [2.05, 4.69) is 42.0 Å². The van der Waals surface area contributed by atoms with Gasteiger partial charge in [0.25, 0.3) is 0 Å². The predicted molar refractivity (Wildman–Crippen MR) is 83.2 cm³/mol. The second kappa shape index (κ2) is 5.71. The summed E-state index contributed by atoms with van der Waals surface area (Å²) in [5, 5.41) is 4.44. The van der Waals surface area contributed by atoms with Crippen molar-refractivity contribution >= 4 is 0 Å². The van der Waals surface area contributed by atoms with Gasteiger partial charge in [-0.05, 0) is 46.3 Å². The van der Waals surface area contributed by atoms with Crippen LogP contribution in [0.15, 0.2) is 6.07 Å². The van der Waals surface area contributed by atoms with Crippen molar-refractivity contribution in [1.82, 2.24) is 19.6 Å². The molecule has 2 aliphatic heterocycles. The molecule has 2 fully saturated rings. The van der Waals surface area contributed by atoms with Gasteiger partial charge in [-0.3, -0.25) is 9.58 Å². The van der Waals surface area contributed by atoms with Gasteiger partial charge in [-0.25, -0.2) is 0 Å². The van der Waals surface area contributed by atoms with Crippen molar-refractivity contribution in [3.8, 4) is 0 Å². The molecule has 3 rings (SSSR count). The second-order valence-corrected chi connectivity index (χ2v) is 6.99. The van der Waals surface area contributed by atoms with Gasteiger partial charge < -0.3 is 9.64 Å². The molecule has 5 nitrogen and oxygen atoms in total. The fourth-order valence-electron chi connectivity index (χ4n) is 3.66. The van der Waals surface area contributed by atoms with Crippen LogP contribution in [-0.4, -0.2) is 65.0 Å². The first-order valence-electron chi connectivity index (χ1n) is 8.00. The molecule has 0 saturated carbocycles. The van der Waals surface area contributed by atoms with E-state index in [1.54, 1.807) is 0 Å². The minimum Gasteiger partial charge on any atom is -0.373 e. The van der Waals surface area contributed by atoms with E-state index >= 15 is 0 Å². The first kappa shape index (κ1) is 15.0. The van der Waals surface area contributed by atoms with Crippen LogP contribution < -0.4 is 0 Å². The third-order valence-electron chi connectivity index (χ3n) is 5.17. The Kier molecular flexibility index (Phi) is 4.08. The molecule has 0 aliphatic carbocycles. The first-order valence-corrected chi connectivity index (χ1v) is 8.00. The third-order valence-corrected chi connectivity index (χ3v) is 5.17. The summed E-state index contributed by atoms with van der Waals surface area (Å²) in [4.78, 5) is 4.84. The Hall–Kier alpha value is -0.910. The summed E-state index contributed by atoms with van der Waals surface area (Å²) in [6.07, 6.45) is 3.51. The smallest absolute Gasteiger partial charge is 0.0723 e. The number of rotatable bonds is 3. The Labute approximate surface area is 127 Å². The van der Waals surface area contributed by atoms with Crippen molar-refractivity contribution in [3.63, 3.8) is 0 Å². The van der Waals surface area contributed by atoms with E-state index in [4.69, 9.17) is 4.74 Å². The van der Waals surface area contributed by atoms with Crippen molar-refractivity contribution in [2.24, 2.45) is 7.05 Å². The molecule has 21 heavy (non-hydrogen) atoms. The molecule has 5 heteroatoms. The fourth-order valence-corrected chi connectivity index (χ4v) is 3.66. The molecule has 1 unspecified atom stereocenters. The maximum Gasteiger partial charge on any atom is 0.0723 e. The van der Waals surface area contributed by atoms with Gasteiger partial charge in [-0.1, -0.05) is 0 Å². The molecule has 0 N–H and O–H groups in total. The summed E-state index contributed by atoms with van der Waals surface area (Å²) in [5.74, 6) is 0. The van der Waals surface area contributed by atoms with Crippen molar-refractivity contribution < 1.29 is 4.74 Å². The zero-order valence-corrected chi connectivity index (χ0v) is 13.8. The number of ether oxygens (including phenoxy) is 1. The Balaban J connectivity index is 1.55. The number of aryl methyl sites for hydroxylation is 2. The molecule has 118 valence electrons. The average Bonchev–Trinajstić information content (AvgIpc) is 2.98. The number of nitrogens with zero attached hydrogens (tertiary/aromatic N) is 4. The summed E-state index contributed by atoms with van der Waals surface area (Å²) < 4.78 is 8.20. The number of piperidine rings is 1. The van der Waals surface area contributed by atoms with E-state index in [0.717, 1.165) is 44.8 Å². The minimum atomic E-state index is 0.147. The summed E-state index contributed by atoms with van der Waals surface area (Å²) in [6, 6.07) is 2.79. The molecular weight excluding hydrogens is 264 g/mol. The summed E-state index contributed by atoms with van der Waals surface area (Å²) in [6.45, 7) is 6.22. The first-order chi connectivity index (χ1) is 9.97. The predicted octanol–water partition coefficient (Wildman–Crippen LogP) is 1.41. The standard InChI is InChI=1S/C16H28N4O/c1-13-9-14(19(4)17-13)11-20-7-5-16(6-8-20)10-15(12-21-16)18(2)3/h9,15H,5-8,10-12H2,1-4H3. The van der Waals surface area contributed by atoms with E-state index in [-0.39, 0.29) is 5.60 Å². The number of aromatic nitrogens is 2.